The van der Waals surface area contributed by atoms with Gasteiger partial charge in [-0.3, -0.25) is 30.3 Å². The molecular weight excluding hydrogens is 426 g/mol. The van der Waals surface area contributed by atoms with Crippen molar-refractivity contribution in [2.24, 2.45) is 0 Å². The summed E-state index contributed by atoms with van der Waals surface area (Å²) in [4.78, 5) is 28.1. The van der Waals surface area contributed by atoms with Crippen LogP contribution in [0, 0.1) is 58.0 Å². The van der Waals surface area contributed by atoms with Crippen LogP contribution >= 0.6 is 0 Å². The van der Waals surface area contributed by atoms with Gasteiger partial charge in [0.05, 0.1) is 33.0 Å². The second kappa shape index (κ2) is 8.99. The lowest BCUT2D eigenvalue weighted by Crippen LogP contribution is -1.96. The molecule has 0 aliphatic rings. The molecule has 0 atom stereocenters. The molecule has 0 unspecified atom stereocenters. The minimum atomic E-state index is -0.931. The molecule has 33 heavy (non-hydrogen) atoms. The summed E-state index contributed by atoms with van der Waals surface area (Å²) in [6.07, 6.45) is 0. The fourth-order valence-corrected chi connectivity index (χ4v) is 4.02. The molecule has 0 aliphatic heterocycles. The van der Waals surface area contributed by atoms with Crippen LogP contribution in [0.15, 0.2) is 54.6 Å². The fourth-order valence-electron chi connectivity index (χ4n) is 4.02. The molecule has 0 N–H and O–H groups in total. The first-order valence-electron chi connectivity index (χ1n) is 9.97. The van der Waals surface area contributed by atoms with Crippen molar-refractivity contribution in [3.05, 3.63) is 107 Å². The third-order valence-electron chi connectivity index (χ3n) is 5.23. The Morgan fingerprint density at radius 2 is 0.818 bits per heavy atom. The van der Waals surface area contributed by atoms with E-state index in [1.807, 2.05) is 0 Å². The van der Waals surface area contributed by atoms with Crippen LogP contribution in [0.1, 0.15) is 22.3 Å². The Kier molecular flexibility index (Phi) is 6.34. The first kappa shape index (κ1) is 23.3. The molecule has 9 nitrogen and oxygen atoms in total. The highest BCUT2D eigenvalue weighted by atomic mass is 16.6. The number of hydrogen-bond acceptors (Lipinski definition) is 6. The van der Waals surface area contributed by atoms with Crippen molar-refractivity contribution in [3.63, 3.8) is 0 Å². The Labute approximate surface area is 188 Å². The lowest BCUT2D eigenvalue weighted by atomic mass is 9.93. The van der Waals surface area contributed by atoms with Gasteiger partial charge in [-0.05, 0) is 60.4 Å². The second-order valence-corrected chi connectivity index (χ2v) is 7.90. The van der Waals surface area contributed by atoms with Gasteiger partial charge >= 0.3 is 0 Å². The summed E-state index contributed by atoms with van der Waals surface area (Å²) < 4.78 is 0. The maximum atomic E-state index is 10.3. The topological polar surface area (TPSA) is 129 Å². The van der Waals surface area contributed by atoms with Gasteiger partial charge in [-0.2, -0.15) is 0 Å². The largest absolute Gasteiger partial charge is 0.283 e. The highest BCUT2D eigenvalue weighted by Crippen LogP contribution is 2.32. The molecule has 168 valence electrons. The van der Waals surface area contributed by atoms with Crippen molar-refractivity contribution < 1.29 is 14.8 Å². The Hall–Kier alpha value is -4.40. The van der Waals surface area contributed by atoms with Gasteiger partial charge < -0.3 is 0 Å². The minimum absolute atomic E-state index is 0.660. The van der Waals surface area contributed by atoms with E-state index in [1.54, 1.807) is 0 Å². The van der Waals surface area contributed by atoms with Crippen molar-refractivity contribution in [2.45, 2.75) is 27.7 Å². The van der Waals surface area contributed by atoms with Crippen LogP contribution in [0.2, 0.25) is 0 Å². The van der Waals surface area contributed by atoms with Gasteiger partial charge in [-0.25, -0.2) is 0 Å². The Bertz CT molecular complexity index is 1300. The first-order chi connectivity index (χ1) is 15.5. The summed E-state index contributed by atoms with van der Waals surface area (Å²) in [6.45, 7) is 8.76. The molecule has 4 aromatic carbocycles. The maximum Gasteiger partial charge on any atom is 0.283 e. The summed E-state index contributed by atoms with van der Waals surface area (Å²) in [7, 11) is 0. The maximum absolute atomic E-state index is 10.3. The third-order valence-corrected chi connectivity index (χ3v) is 5.23. The SMILES string of the molecule is Cc1cc(C)c2c(ccc3cc(C)cc(C)c32)c1.O=[N+]([O-])c1cc([N+](=O)[O-])cc([N+](=O)[O-])c1. The van der Waals surface area contributed by atoms with E-state index in [0.29, 0.717) is 18.2 Å². The van der Waals surface area contributed by atoms with Crippen molar-refractivity contribution in [1.29, 1.82) is 0 Å². The molecule has 0 amide bonds. The van der Waals surface area contributed by atoms with E-state index >= 15 is 0 Å². The molecule has 0 radical (unpaired) electrons. The number of hydrogen-bond donors (Lipinski definition) is 0. The van der Waals surface area contributed by atoms with Crippen LogP contribution in [-0.2, 0) is 0 Å². The van der Waals surface area contributed by atoms with Crippen molar-refractivity contribution in [2.75, 3.05) is 0 Å². The quantitative estimate of drug-likeness (QED) is 0.197. The zero-order valence-corrected chi connectivity index (χ0v) is 18.5. The van der Waals surface area contributed by atoms with Crippen LogP contribution in [0.4, 0.5) is 17.1 Å². The molecule has 0 heterocycles. The number of rotatable bonds is 3. The molecule has 4 rings (SSSR count). The van der Waals surface area contributed by atoms with E-state index in [-0.39, 0.29) is 0 Å². The summed E-state index contributed by atoms with van der Waals surface area (Å²) in [5.41, 5.74) is 3.38. The smallest absolute Gasteiger partial charge is 0.258 e. The highest BCUT2D eigenvalue weighted by Gasteiger charge is 2.21. The average molecular weight is 447 g/mol. The fraction of sp³-hybridized carbons (Fsp3) is 0.167. The van der Waals surface area contributed by atoms with Gasteiger partial charge in [-0.1, -0.05) is 47.5 Å². The normalized spacial score (nSPS) is 10.5. The molecule has 4 aromatic rings. The molecule has 0 saturated carbocycles. The van der Waals surface area contributed by atoms with Gasteiger partial charge in [-0.15, -0.1) is 0 Å². The first-order valence-corrected chi connectivity index (χ1v) is 9.97. The predicted molar refractivity (Wildman–Crippen MR) is 127 cm³/mol. The number of aryl methyl sites for hydroxylation is 4. The van der Waals surface area contributed by atoms with Crippen LogP contribution in [0.3, 0.4) is 0 Å². The Balaban J connectivity index is 0.000000190. The van der Waals surface area contributed by atoms with Gasteiger partial charge in [0.25, 0.3) is 17.1 Å². The van der Waals surface area contributed by atoms with E-state index < -0.39 is 31.8 Å². The van der Waals surface area contributed by atoms with Crippen molar-refractivity contribution in [3.8, 4) is 0 Å². The monoisotopic (exact) mass is 447 g/mol. The van der Waals surface area contributed by atoms with Crippen molar-refractivity contribution in [1.82, 2.24) is 0 Å². The number of non-ortho nitro benzene ring substituents is 3. The van der Waals surface area contributed by atoms with E-state index in [0.717, 1.165) is 0 Å². The lowest BCUT2D eigenvalue weighted by molar-refractivity contribution is -0.403. The molecule has 0 aromatic heterocycles. The molecule has 0 saturated heterocycles. The predicted octanol–water partition coefficient (Wildman–Crippen LogP) is 6.64. The molecule has 0 bridgehead atoms. The average Bonchev–Trinajstić information content (AvgIpc) is 2.73. The third kappa shape index (κ3) is 4.93. The Morgan fingerprint density at radius 1 is 0.515 bits per heavy atom. The van der Waals surface area contributed by atoms with E-state index in [2.05, 4.69) is 64.1 Å². The Morgan fingerprint density at radius 3 is 1.09 bits per heavy atom. The molecule has 9 heteroatoms. The second-order valence-electron chi connectivity index (χ2n) is 7.90. The molecule has 0 aliphatic carbocycles. The van der Waals surface area contributed by atoms with Gasteiger partial charge in [0.1, 0.15) is 0 Å². The zero-order chi connectivity index (χ0) is 24.4. The van der Waals surface area contributed by atoms with Crippen LogP contribution in [0.25, 0.3) is 21.5 Å². The van der Waals surface area contributed by atoms with Gasteiger partial charge in [0.2, 0.25) is 0 Å². The number of benzene rings is 4. The summed E-state index contributed by atoms with van der Waals surface area (Å²) in [5, 5.41) is 36.5. The summed E-state index contributed by atoms with van der Waals surface area (Å²) >= 11 is 0. The van der Waals surface area contributed by atoms with E-state index in [4.69, 9.17) is 0 Å². The molecule has 0 spiro atoms. The van der Waals surface area contributed by atoms with Crippen molar-refractivity contribution >= 4 is 38.6 Å². The van der Waals surface area contributed by atoms with Crippen LogP contribution in [-0.4, -0.2) is 14.8 Å². The molecular formula is C24H21N3O6. The summed E-state index contributed by atoms with van der Waals surface area (Å²) in [5.74, 6) is 0. The minimum Gasteiger partial charge on any atom is -0.258 e. The van der Waals surface area contributed by atoms with E-state index in [9.17, 15) is 30.3 Å². The van der Waals surface area contributed by atoms with Crippen LogP contribution < -0.4 is 0 Å². The lowest BCUT2D eigenvalue weighted by Gasteiger charge is -2.11. The number of nitro benzene ring substituents is 3. The highest BCUT2D eigenvalue weighted by molar-refractivity contribution is 6.11. The number of fused-ring (bicyclic) bond motifs is 3. The van der Waals surface area contributed by atoms with Crippen LogP contribution in [0.5, 0.6) is 0 Å². The summed E-state index contributed by atoms with van der Waals surface area (Å²) in [6, 6.07) is 15.6. The standard InChI is InChI=1S/C18H18.C6H3N3O6/c1-11-7-13(3)17-15(9-11)5-6-16-10-12(2)8-14(4)18(16)17;10-7(11)4-1-5(8(12)13)3-6(2-4)9(14)15/h5-10H,1-4H3;1-3H. The number of nitrogens with zero attached hydrogens (tertiary/aromatic N) is 3. The zero-order valence-electron chi connectivity index (χ0n) is 18.5. The van der Waals surface area contributed by atoms with Gasteiger partial charge in [0.15, 0.2) is 0 Å². The number of nitro groups is 3. The van der Waals surface area contributed by atoms with E-state index in [1.165, 1.54) is 43.8 Å². The van der Waals surface area contributed by atoms with Gasteiger partial charge in [0, 0.05) is 0 Å². The molecule has 0 fully saturated rings.